The molecule has 0 aliphatic rings. The molecule has 1 aromatic heterocycles. The first-order valence-electron chi connectivity index (χ1n) is 9.45. The second-order valence-corrected chi connectivity index (χ2v) is 7.54. The molecule has 0 saturated carbocycles. The molecular formula is C21H24ClN5O3. The zero-order valence-corrected chi connectivity index (χ0v) is 17.5. The van der Waals surface area contributed by atoms with Crippen LogP contribution < -0.4 is 10.6 Å². The van der Waals surface area contributed by atoms with Crippen molar-refractivity contribution in [3.63, 3.8) is 0 Å². The van der Waals surface area contributed by atoms with E-state index in [4.69, 9.17) is 16.7 Å². The van der Waals surface area contributed by atoms with Crippen LogP contribution in [0.3, 0.4) is 0 Å². The minimum absolute atomic E-state index is 0.0118. The minimum Gasteiger partial charge on any atom is -0.480 e. The Morgan fingerprint density at radius 3 is 2.60 bits per heavy atom. The molecule has 0 fully saturated rings. The van der Waals surface area contributed by atoms with Gasteiger partial charge in [-0.25, -0.2) is 4.98 Å². The number of H-pyrrole nitrogens is 1. The van der Waals surface area contributed by atoms with Gasteiger partial charge >= 0.3 is 5.97 Å². The van der Waals surface area contributed by atoms with Crippen molar-refractivity contribution in [1.82, 2.24) is 25.5 Å². The number of nitrogens with one attached hydrogen (secondary N) is 3. The largest absolute Gasteiger partial charge is 0.480 e. The highest BCUT2D eigenvalue weighted by Crippen LogP contribution is 2.18. The van der Waals surface area contributed by atoms with Crippen LogP contribution in [0.1, 0.15) is 21.7 Å². The molecule has 30 heavy (non-hydrogen) atoms. The number of aliphatic carboxylic acids is 1. The van der Waals surface area contributed by atoms with E-state index >= 15 is 0 Å². The number of imidazole rings is 1. The van der Waals surface area contributed by atoms with Crippen molar-refractivity contribution in [2.75, 3.05) is 20.6 Å². The Labute approximate surface area is 179 Å². The third kappa shape index (κ3) is 5.56. The summed E-state index contributed by atoms with van der Waals surface area (Å²) < 4.78 is 0. The van der Waals surface area contributed by atoms with Crippen molar-refractivity contribution in [2.45, 2.75) is 19.1 Å². The number of rotatable bonds is 9. The Morgan fingerprint density at radius 1 is 1.20 bits per heavy atom. The second kappa shape index (κ2) is 9.71. The fourth-order valence-electron chi connectivity index (χ4n) is 3.10. The number of halogens is 1. The van der Waals surface area contributed by atoms with Crippen LogP contribution in [0.2, 0.25) is 5.02 Å². The second-order valence-electron chi connectivity index (χ2n) is 7.10. The lowest BCUT2D eigenvalue weighted by Crippen LogP contribution is -2.44. The third-order valence-electron chi connectivity index (χ3n) is 4.69. The van der Waals surface area contributed by atoms with E-state index in [0.29, 0.717) is 23.7 Å². The van der Waals surface area contributed by atoms with Crippen molar-refractivity contribution in [1.29, 1.82) is 0 Å². The molecule has 3 rings (SSSR count). The van der Waals surface area contributed by atoms with Gasteiger partial charge in [-0.05, 0) is 50.0 Å². The van der Waals surface area contributed by atoms with E-state index in [2.05, 4.69) is 25.5 Å². The Balaban J connectivity index is 1.55. The van der Waals surface area contributed by atoms with Crippen molar-refractivity contribution >= 4 is 34.5 Å². The summed E-state index contributed by atoms with van der Waals surface area (Å²) in [4.78, 5) is 33.2. The molecule has 9 heteroatoms. The van der Waals surface area contributed by atoms with E-state index < -0.39 is 12.0 Å². The highest BCUT2D eigenvalue weighted by Gasteiger charge is 2.16. The van der Waals surface area contributed by atoms with Crippen LogP contribution in [0, 0.1) is 0 Å². The Morgan fingerprint density at radius 2 is 1.93 bits per heavy atom. The summed E-state index contributed by atoms with van der Waals surface area (Å²) in [6.45, 7) is 1.33. The monoisotopic (exact) mass is 429 g/mol. The maximum absolute atomic E-state index is 12.2. The predicted molar refractivity (Wildman–Crippen MR) is 116 cm³/mol. The zero-order chi connectivity index (χ0) is 21.7. The molecule has 1 atom stereocenters. The third-order valence-corrected chi connectivity index (χ3v) is 4.93. The maximum atomic E-state index is 12.2. The number of hydrogen-bond donors (Lipinski definition) is 4. The van der Waals surface area contributed by atoms with Crippen LogP contribution in [-0.4, -0.2) is 58.5 Å². The lowest BCUT2D eigenvalue weighted by molar-refractivity contribution is -0.139. The first-order chi connectivity index (χ1) is 14.4. The number of nitrogens with zero attached hydrogens (tertiary/aromatic N) is 2. The van der Waals surface area contributed by atoms with Crippen LogP contribution in [0.15, 0.2) is 42.5 Å². The number of fused-ring (bicyclic) bond motifs is 1. The maximum Gasteiger partial charge on any atom is 0.322 e. The molecule has 0 spiro atoms. The number of aromatic nitrogens is 2. The van der Waals surface area contributed by atoms with Gasteiger partial charge in [-0.15, -0.1) is 0 Å². The Hall–Kier alpha value is -2.94. The van der Waals surface area contributed by atoms with Gasteiger partial charge in [0.2, 0.25) is 0 Å². The molecule has 1 amide bonds. The summed E-state index contributed by atoms with van der Waals surface area (Å²) >= 11 is 6.02. The number of benzene rings is 2. The molecule has 0 saturated heterocycles. The molecule has 0 aliphatic carbocycles. The summed E-state index contributed by atoms with van der Waals surface area (Å²) in [6, 6.07) is 12.0. The highest BCUT2D eigenvalue weighted by atomic mass is 35.5. The van der Waals surface area contributed by atoms with E-state index in [0.717, 1.165) is 22.4 Å². The van der Waals surface area contributed by atoms with Gasteiger partial charge in [0.1, 0.15) is 11.9 Å². The van der Waals surface area contributed by atoms with Crippen LogP contribution in [0.4, 0.5) is 0 Å². The SMILES string of the molecule is CNC(CNC(=O)c1ccc(CN(C)Cc2nc3ccc(Cl)cc3[nH]2)cc1)C(=O)O. The molecule has 1 unspecified atom stereocenters. The molecule has 0 radical (unpaired) electrons. The van der Waals surface area contributed by atoms with Gasteiger partial charge in [0.15, 0.2) is 0 Å². The lowest BCUT2D eigenvalue weighted by atomic mass is 10.1. The average molecular weight is 430 g/mol. The normalized spacial score (nSPS) is 12.3. The number of likely N-dealkylation sites (N-methyl/N-ethyl adjacent to an activating group) is 1. The van der Waals surface area contributed by atoms with Crippen LogP contribution in [0.5, 0.6) is 0 Å². The molecule has 158 valence electrons. The summed E-state index contributed by atoms with van der Waals surface area (Å²) in [5.41, 5.74) is 3.31. The molecule has 2 aromatic carbocycles. The fourth-order valence-corrected chi connectivity index (χ4v) is 3.28. The van der Waals surface area contributed by atoms with E-state index in [1.807, 2.05) is 37.4 Å². The van der Waals surface area contributed by atoms with Crippen molar-refractivity contribution < 1.29 is 14.7 Å². The van der Waals surface area contributed by atoms with Crippen LogP contribution in [-0.2, 0) is 17.9 Å². The molecule has 0 aliphatic heterocycles. The van der Waals surface area contributed by atoms with Gasteiger partial charge in [-0.2, -0.15) is 0 Å². The number of amides is 1. The smallest absolute Gasteiger partial charge is 0.322 e. The number of carbonyl (C=O) groups excluding carboxylic acids is 1. The van der Waals surface area contributed by atoms with Crippen LogP contribution in [0.25, 0.3) is 11.0 Å². The summed E-state index contributed by atoms with van der Waals surface area (Å²) in [5.74, 6) is -0.468. The van der Waals surface area contributed by atoms with Crippen molar-refractivity contribution in [3.05, 3.63) is 64.4 Å². The standard InChI is InChI=1S/C21H24ClN5O3/c1-23-18(21(29)30)10-24-20(28)14-5-3-13(4-6-14)11-27(2)12-19-25-16-8-7-15(22)9-17(16)26-19/h3-9,18,23H,10-12H2,1-2H3,(H,24,28)(H,25,26)(H,29,30). The Bertz CT molecular complexity index is 1030. The van der Waals surface area contributed by atoms with E-state index in [1.165, 1.54) is 7.05 Å². The van der Waals surface area contributed by atoms with Gasteiger partial charge in [0.25, 0.3) is 5.91 Å². The first-order valence-corrected chi connectivity index (χ1v) is 9.83. The number of aromatic amines is 1. The number of carbonyl (C=O) groups is 2. The van der Waals surface area contributed by atoms with Gasteiger partial charge in [-0.3, -0.25) is 14.5 Å². The van der Waals surface area contributed by atoms with Gasteiger partial charge in [0, 0.05) is 23.7 Å². The van der Waals surface area contributed by atoms with Gasteiger partial charge in [0.05, 0.1) is 17.6 Å². The van der Waals surface area contributed by atoms with Gasteiger partial charge < -0.3 is 20.7 Å². The Kier molecular flexibility index (Phi) is 7.04. The van der Waals surface area contributed by atoms with E-state index in [-0.39, 0.29) is 12.5 Å². The van der Waals surface area contributed by atoms with E-state index in [9.17, 15) is 9.59 Å². The van der Waals surface area contributed by atoms with Gasteiger partial charge in [-0.1, -0.05) is 23.7 Å². The predicted octanol–water partition coefficient (Wildman–Crippen LogP) is 2.25. The molecule has 1 heterocycles. The lowest BCUT2D eigenvalue weighted by Gasteiger charge is -2.15. The molecule has 3 aromatic rings. The number of hydrogen-bond acceptors (Lipinski definition) is 5. The molecule has 8 nitrogen and oxygen atoms in total. The topological polar surface area (TPSA) is 110 Å². The summed E-state index contributed by atoms with van der Waals surface area (Å²) in [5, 5.41) is 14.9. The minimum atomic E-state index is -1.01. The van der Waals surface area contributed by atoms with Crippen molar-refractivity contribution in [2.24, 2.45) is 0 Å². The van der Waals surface area contributed by atoms with Crippen molar-refractivity contribution in [3.8, 4) is 0 Å². The molecule has 4 N–H and O–H groups in total. The fraction of sp³-hybridized carbons (Fsp3) is 0.286. The summed E-state index contributed by atoms with van der Waals surface area (Å²) in [6.07, 6.45) is 0. The zero-order valence-electron chi connectivity index (χ0n) is 16.8. The first kappa shape index (κ1) is 21.8. The quantitative estimate of drug-likeness (QED) is 0.415. The van der Waals surface area contributed by atoms with E-state index in [1.54, 1.807) is 12.1 Å². The number of carboxylic acid groups (broad SMARTS) is 1. The molecular weight excluding hydrogens is 406 g/mol. The number of carboxylic acids is 1. The summed E-state index contributed by atoms with van der Waals surface area (Å²) in [7, 11) is 3.53. The van der Waals surface area contributed by atoms with Crippen LogP contribution >= 0.6 is 11.6 Å². The average Bonchev–Trinajstić information content (AvgIpc) is 3.09. The molecule has 0 bridgehead atoms. The highest BCUT2D eigenvalue weighted by molar-refractivity contribution is 6.31.